The molecule has 3 rings (SSSR count). The molecule has 0 aromatic carbocycles. The Kier molecular flexibility index (Phi) is 10.6. The average Bonchev–Trinajstić information content (AvgIpc) is 2.82. The van der Waals surface area contributed by atoms with Crippen molar-refractivity contribution in [3.05, 3.63) is 0 Å². The Bertz CT molecular complexity index is 555. The van der Waals surface area contributed by atoms with Crippen LogP contribution in [0.1, 0.15) is 136 Å². The summed E-state index contributed by atoms with van der Waals surface area (Å²) < 4.78 is 0. The zero-order chi connectivity index (χ0) is 23.0. The molecule has 0 aromatic rings. The molecule has 0 bridgehead atoms. The fourth-order valence-electron chi connectivity index (χ4n) is 7.72. The highest BCUT2D eigenvalue weighted by Crippen LogP contribution is 2.63. The monoisotopic (exact) mass is 448 g/mol. The maximum atomic E-state index is 13.6. The molecule has 3 heteroatoms. The van der Waals surface area contributed by atoms with Crippen LogP contribution in [0, 0.1) is 29.1 Å². The van der Waals surface area contributed by atoms with Gasteiger partial charge in [-0.1, -0.05) is 84.5 Å². The number of hydrogen-bond donors (Lipinski definition) is 2. The number of aliphatic hydroxyl groups is 2. The minimum Gasteiger partial charge on any atom is -0.393 e. The molecule has 32 heavy (non-hydrogen) atoms. The molecule has 0 aromatic heterocycles. The zero-order valence-corrected chi connectivity index (χ0v) is 21.2. The van der Waals surface area contributed by atoms with Crippen LogP contribution < -0.4 is 0 Å². The molecular formula is C29H52O3. The van der Waals surface area contributed by atoms with E-state index in [9.17, 15) is 15.0 Å². The van der Waals surface area contributed by atoms with Gasteiger partial charge in [-0.25, -0.2) is 0 Å². The topological polar surface area (TPSA) is 57.5 Å². The first-order valence-electron chi connectivity index (χ1n) is 14.5. The first kappa shape index (κ1) is 26.2. The lowest BCUT2D eigenvalue weighted by Crippen LogP contribution is -2.64. The molecule has 3 fully saturated rings. The summed E-state index contributed by atoms with van der Waals surface area (Å²) in [5, 5.41) is 22.0. The van der Waals surface area contributed by atoms with Gasteiger partial charge in [0.2, 0.25) is 0 Å². The largest absolute Gasteiger partial charge is 0.393 e. The number of fused-ring (bicyclic) bond motifs is 1. The highest BCUT2D eigenvalue weighted by atomic mass is 16.3. The summed E-state index contributed by atoms with van der Waals surface area (Å²) in [5.41, 5.74) is -0.150. The van der Waals surface area contributed by atoms with E-state index >= 15 is 0 Å². The molecule has 2 N–H and O–H groups in total. The molecule has 1 unspecified atom stereocenters. The van der Waals surface area contributed by atoms with Gasteiger partial charge in [0.25, 0.3) is 0 Å². The smallest absolute Gasteiger partial charge is 0.142 e. The van der Waals surface area contributed by atoms with Crippen LogP contribution >= 0.6 is 0 Å². The third-order valence-corrected chi connectivity index (χ3v) is 9.58. The summed E-state index contributed by atoms with van der Waals surface area (Å²) in [5.74, 6) is 1.74. The second kappa shape index (κ2) is 12.9. The Hall–Kier alpha value is -0.410. The number of carbonyl (C=O) groups excluding carboxylic acids is 1. The van der Waals surface area contributed by atoms with E-state index in [1.165, 1.54) is 57.8 Å². The van der Waals surface area contributed by atoms with Crippen molar-refractivity contribution >= 4 is 5.78 Å². The predicted molar refractivity (Wildman–Crippen MR) is 132 cm³/mol. The van der Waals surface area contributed by atoms with E-state index in [2.05, 4.69) is 13.8 Å². The molecular weight excluding hydrogens is 396 g/mol. The highest BCUT2D eigenvalue weighted by molar-refractivity contribution is 5.94. The Morgan fingerprint density at radius 2 is 1.59 bits per heavy atom. The van der Waals surface area contributed by atoms with Crippen molar-refractivity contribution in [1.82, 2.24) is 0 Å². The van der Waals surface area contributed by atoms with Gasteiger partial charge >= 0.3 is 0 Å². The molecule has 6 atom stereocenters. The van der Waals surface area contributed by atoms with E-state index in [-0.39, 0.29) is 29.5 Å². The number of ketones is 1. The van der Waals surface area contributed by atoms with E-state index in [1.807, 2.05) is 0 Å². The highest BCUT2D eigenvalue weighted by Gasteiger charge is 2.65. The van der Waals surface area contributed by atoms with Crippen LogP contribution in [0.5, 0.6) is 0 Å². The molecule has 0 spiro atoms. The Morgan fingerprint density at radius 3 is 2.28 bits per heavy atom. The van der Waals surface area contributed by atoms with Gasteiger partial charge in [0, 0.05) is 11.3 Å². The van der Waals surface area contributed by atoms with Gasteiger partial charge in [0.05, 0.1) is 12.2 Å². The van der Waals surface area contributed by atoms with Crippen molar-refractivity contribution in [3.63, 3.8) is 0 Å². The fraction of sp³-hybridized carbons (Fsp3) is 0.966. The number of hydrogen-bond acceptors (Lipinski definition) is 3. The van der Waals surface area contributed by atoms with Crippen LogP contribution in [0.4, 0.5) is 0 Å². The lowest BCUT2D eigenvalue weighted by Gasteiger charge is -2.61. The summed E-state index contributed by atoms with van der Waals surface area (Å²) in [6.45, 7) is 4.48. The molecule has 0 radical (unpaired) electrons. The van der Waals surface area contributed by atoms with Gasteiger partial charge < -0.3 is 10.2 Å². The molecule has 3 saturated carbocycles. The van der Waals surface area contributed by atoms with Crippen molar-refractivity contribution in [2.24, 2.45) is 29.1 Å². The lowest BCUT2D eigenvalue weighted by atomic mass is 9.41. The van der Waals surface area contributed by atoms with Gasteiger partial charge in [0.1, 0.15) is 5.78 Å². The average molecular weight is 449 g/mol. The molecule has 0 amide bonds. The van der Waals surface area contributed by atoms with Gasteiger partial charge in [-0.2, -0.15) is 0 Å². The van der Waals surface area contributed by atoms with Crippen LogP contribution in [0.3, 0.4) is 0 Å². The first-order valence-corrected chi connectivity index (χ1v) is 14.5. The SMILES string of the molecule is CCCCCCC1C(=O)[C@]2(CCCCCC)CC[C@H](O)[C@@H](CC[C@H](O)C3CCCCC3)[C@H]12. The van der Waals surface area contributed by atoms with Crippen molar-refractivity contribution < 1.29 is 15.0 Å². The van der Waals surface area contributed by atoms with E-state index in [0.29, 0.717) is 17.6 Å². The summed E-state index contributed by atoms with van der Waals surface area (Å²) in [6.07, 6.45) is 20.8. The number of unbranched alkanes of at least 4 members (excludes halogenated alkanes) is 6. The standard InChI is InChI=1S/C29H52O3/c1-3-5-7-12-16-24-27-23(17-18-25(30)22-14-10-9-11-15-22)26(31)19-21-29(27,28(24)32)20-13-8-6-4-2/h22-27,30-31H,3-21H2,1-2H3/t23-,24?,25+,26+,27-,29-/m1/s1. The summed E-state index contributed by atoms with van der Waals surface area (Å²) >= 11 is 0. The molecule has 0 heterocycles. The van der Waals surface area contributed by atoms with Crippen LogP contribution in [0.15, 0.2) is 0 Å². The molecule has 0 aliphatic heterocycles. The Morgan fingerprint density at radius 1 is 0.906 bits per heavy atom. The van der Waals surface area contributed by atoms with E-state index < -0.39 is 0 Å². The minimum absolute atomic E-state index is 0.150. The maximum absolute atomic E-state index is 13.6. The van der Waals surface area contributed by atoms with Crippen LogP contribution in [0.25, 0.3) is 0 Å². The molecule has 3 nitrogen and oxygen atoms in total. The molecule has 0 saturated heterocycles. The second-order valence-corrected chi connectivity index (χ2v) is 11.6. The van der Waals surface area contributed by atoms with Crippen molar-refractivity contribution in [1.29, 1.82) is 0 Å². The Balaban J connectivity index is 1.66. The lowest BCUT2D eigenvalue weighted by molar-refractivity contribution is -0.184. The van der Waals surface area contributed by atoms with Crippen molar-refractivity contribution in [3.8, 4) is 0 Å². The summed E-state index contributed by atoms with van der Waals surface area (Å²) in [6, 6.07) is 0. The summed E-state index contributed by atoms with van der Waals surface area (Å²) in [4.78, 5) is 13.6. The third-order valence-electron chi connectivity index (χ3n) is 9.58. The number of rotatable bonds is 14. The van der Waals surface area contributed by atoms with Gasteiger partial charge in [0.15, 0.2) is 0 Å². The quantitative estimate of drug-likeness (QED) is 0.276. The minimum atomic E-state index is -0.284. The van der Waals surface area contributed by atoms with Gasteiger partial charge in [-0.05, 0) is 69.1 Å². The normalized spacial score (nSPS) is 34.2. The Labute approximate surface area is 198 Å². The van der Waals surface area contributed by atoms with Gasteiger partial charge in [-0.3, -0.25) is 4.79 Å². The predicted octanol–water partition coefficient (Wildman–Crippen LogP) is 7.22. The van der Waals surface area contributed by atoms with Crippen LogP contribution in [-0.2, 0) is 4.79 Å². The summed E-state index contributed by atoms with van der Waals surface area (Å²) in [7, 11) is 0. The van der Waals surface area contributed by atoms with E-state index in [4.69, 9.17) is 0 Å². The molecule has 186 valence electrons. The number of aliphatic hydroxyl groups excluding tert-OH is 2. The molecule has 3 aliphatic rings. The van der Waals surface area contributed by atoms with Crippen LogP contribution in [0.2, 0.25) is 0 Å². The van der Waals surface area contributed by atoms with E-state index in [1.54, 1.807) is 0 Å². The van der Waals surface area contributed by atoms with Crippen LogP contribution in [-0.4, -0.2) is 28.2 Å². The first-order chi connectivity index (χ1) is 15.5. The van der Waals surface area contributed by atoms with Crippen molar-refractivity contribution in [2.75, 3.05) is 0 Å². The third kappa shape index (κ3) is 5.98. The maximum Gasteiger partial charge on any atom is 0.142 e. The van der Waals surface area contributed by atoms with Gasteiger partial charge in [-0.15, -0.1) is 0 Å². The second-order valence-electron chi connectivity index (χ2n) is 11.6. The van der Waals surface area contributed by atoms with E-state index in [0.717, 1.165) is 64.2 Å². The van der Waals surface area contributed by atoms with Crippen molar-refractivity contribution in [2.45, 2.75) is 148 Å². The zero-order valence-electron chi connectivity index (χ0n) is 21.2. The number of carbonyl (C=O) groups is 1. The molecule has 3 aliphatic carbocycles. The fourth-order valence-corrected chi connectivity index (χ4v) is 7.72. The number of Topliss-reactive ketones (excluding diaryl/α,β-unsaturated/α-hetero) is 1.